The number of carbonyl (C=O) groups excluding carboxylic acids is 2. The lowest BCUT2D eigenvalue weighted by Gasteiger charge is -2.13. The normalized spacial score (nSPS) is 11.5. The molecule has 1 amide bonds. The Morgan fingerprint density at radius 1 is 1.33 bits per heavy atom. The number of carboxylic acids is 1. The summed E-state index contributed by atoms with van der Waals surface area (Å²) in [6, 6.07) is 4.28. The van der Waals surface area contributed by atoms with Crippen molar-refractivity contribution in [1.82, 2.24) is 10.3 Å². The fraction of sp³-hybridized carbons (Fsp3) is 0.429. The number of pyridine rings is 1. The van der Waals surface area contributed by atoms with Crippen LogP contribution in [0.4, 0.5) is 0 Å². The second-order valence-corrected chi connectivity index (χ2v) is 4.39. The zero-order valence-electron chi connectivity index (χ0n) is 11.7. The fourth-order valence-electron chi connectivity index (χ4n) is 1.68. The number of amides is 1. The van der Waals surface area contributed by atoms with E-state index in [1.54, 1.807) is 18.3 Å². The molecule has 1 aromatic rings. The van der Waals surface area contributed by atoms with Gasteiger partial charge in [-0.2, -0.15) is 0 Å². The summed E-state index contributed by atoms with van der Waals surface area (Å²) in [4.78, 5) is 37.8. The lowest BCUT2D eigenvalue weighted by Crippen LogP contribution is -2.41. The molecule has 7 nitrogen and oxygen atoms in total. The maximum Gasteiger partial charge on any atom is 0.326 e. The molecule has 0 aliphatic heterocycles. The standard InChI is InChI=1S/C14H18N2O5/c1-21-13(18)8-6-11(14(19)20)16-12(17)7-5-10-4-2-3-9-15-10/h2-4,9,11H,5-8H2,1H3,(H,16,17)(H,19,20)/t11-/m0/s1. The minimum atomic E-state index is -1.18. The Kier molecular flexibility index (Phi) is 6.86. The molecule has 0 aliphatic carbocycles. The van der Waals surface area contributed by atoms with Crippen LogP contribution in [0.3, 0.4) is 0 Å². The van der Waals surface area contributed by atoms with Crippen molar-refractivity contribution >= 4 is 17.8 Å². The third kappa shape index (κ3) is 6.51. The van der Waals surface area contributed by atoms with E-state index in [2.05, 4.69) is 15.0 Å². The van der Waals surface area contributed by atoms with Crippen LogP contribution in [0.2, 0.25) is 0 Å². The largest absolute Gasteiger partial charge is 0.480 e. The van der Waals surface area contributed by atoms with Crippen molar-refractivity contribution < 1.29 is 24.2 Å². The SMILES string of the molecule is COC(=O)CC[C@H](NC(=O)CCc1ccccn1)C(=O)O. The number of hydrogen-bond donors (Lipinski definition) is 2. The first-order valence-electron chi connectivity index (χ1n) is 6.52. The molecule has 0 aliphatic rings. The molecule has 1 heterocycles. The highest BCUT2D eigenvalue weighted by Crippen LogP contribution is 2.02. The van der Waals surface area contributed by atoms with E-state index < -0.39 is 23.9 Å². The predicted octanol–water partition coefficient (Wildman–Crippen LogP) is 0.537. The van der Waals surface area contributed by atoms with Gasteiger partial charge in [0, 0.05) is 24.7 Å². The minimum absolute atomic E-state index is 0.00265. The van der Waals surface area contributed by atoms with E-state index in [0.29, 0.717) is 6.42 Å². The number of nitrogens with zero attached hydrogens (tertiary/aromatic N) is 1. The number of aryl methyl sites for hydroxylation is 1. The molecule has 0 saturated heterocycles. The van der Waals surface area contributed by atoms with Crippen molar-refractivity contribution in [3.8, 4) is 0 Å². The van der Waals surface area contributed by atoms with Gasteiger partial charge in [-0.25, -0.2) is 4.79 Å². The Balaban J connectivity index is 2.41. The third-order valence-corrected chi connectivity index (χ3v) is 2.83. The number of esters is 1. The smallest absolute Gasteiger partial charge is 0.326 e. The highest BCUT2D eigenvalue weighted by atomic mass is 16.5. The van der Waals surface area contributed by atoms with Crippen LogP contribution in [0.1, 0.15) is 25.0 Å². The van der Waals surface area contributed by atoms with E-state index >= 15 is 0 Å². The molecule has 1 rings (SSSR count). The van der Waals surface area contributed by atoms with Crippen LogP contribution in [0, 0.1) is 0 Å². The summed E-state index contributed by atoms with van der Waals surface area (Å²) in [5.41, 5.74) is 0.758. The fourth-order valence-corrected chi connectivity index (χ4v) is 1.68. The lowest BCUT2D eigenvalue weighted by molar-refractivity contribution is -0.144. The summed E-state index contributed by atoms with van der Waals surface area (Å²) < 4.78 is 4.44. The second kappa shape index (κ2) is 8.68. The van der Waals surface area contributed by atoms with Crippen LogP contribution in [-0.4, -0.2) is 41.1 Å². The van der Waals surface area contributed by atoms with Gasteiger partial charge in [0.1, 0.15) is 6.04 Å². The molecular formula is C14H18N2O5. The number of aliphatic carboxylic acids is 1. The maximum atomic E-state index is 11.7. The molecule has 0 spiro atoms. The van der Waals surface area contributed by atoms with E-state index in [1.165, 1.54) is 7.11 Å². The quantitative estimate of drug-likeness (QED) is 0.678. The van der Waals surface area contributed by atoms with Crippen LogP contribution >= 0.6 is 0 Å². The molecule has 114 valence electrons. The number of hydrogen-bond acceptors (Lipinski definition) is 5. The number of ether oxygens (including phenoxy) is 1. The van der Waals surface area contributed by atoms with E-state index in [-0.39, 0.29) is 19.3 Å². The molecular weight excluding hydrogens is 276 g/mol. The highest BCUT2D eigenvalue weighted by molar-refractivity contribution is 5.84. The molecule has 21 heavy (non-hydrogen) atoms. The summed E-state index contributed by atoms with van der Waals surface area (Å²) in [6.07, 6.45) is 2.13. The van der Waals surface area contributed by atoms with Crippen molar-refractivity contribution in [3.05, 3.63) is 30.1 Å². The molecule has 0 fully saturated rings. The van der Waals surface area contributed by atoms with Crippen LogP contribution in [0.25, 0.3) is 0 Å². The summed E-state index contributed by atoms with van der Waals surface area (Å²) in [5, 5.41) is 11.4. The van der Waals surface area contributed by atoms with E-state index in [1.807, 2.05) is 6.07 Å². The van der Waals surface area contributed by atoms with Crippen LogP contribution in [0.15, 0.2) is 24.4 Å². The number of nitrogens with one attached hydrogen (secondary N) is 1. The van der Waals surface area contributed by atoms with Gasteiger partial charge in [0.15, 0.2) is 0 Å². The Morgan fingerprint density at radius 3 is 2.67 bits per heavy atom. The number of methoxy groups -OCH3 is 1. The maximum absolute atomic E-state index is 11.7. The van der Waals surface area contributed by atoms with Gasteiger partial charge < -0.3 is 15.2 Å². The number of rotatable bonds is 8. The average Bonchev–Trinajstić information content (AvgIpc) is 2.49. The Bertz CT molecular complexity index is 489. The summed E-state index contributed by atoms with van der Waals surface area (Å²) in [6.45, 7) is 0. The summed E-state index contributed by atoms with van der Waals surface area (Å²) in [7, 11) is 1.23. The molecule has 1 atom stereocenters. The van der Waals surface area contributed by atoms with Gasteiger partial charge >= 0.3 is 11.9 Å². The molecule has 7 heteroatoms. The Hall–Kier alpha value is -2.44. The molecule has 0 radical (unpaired) electrons. The highest BCUT2D eigenvalue weighted by Gasteiger charge is 2.21. The van der Waals surface area contributed by atoms with E-state index in [9.17, 15) is 14.4 Å². The molecule has 0 unspecified atom stereocenters. The summed E-state index contributed by atoms with van der Waals surface area (Å²) >= 11 is 0. The molecule has 0 aromatic carbocycles. The number of carboxylic acid groups (broad SMARTS) is 1. The first-order valence-corrected chi connectivity index (χ1v) is 6.52. The van der Waals surface area contributed by atoms with Gasteiger partial charge in [0.2, 0.25) is 5.91 Å². The Labute approximate surface area is 122 Å². The number of aromatic nitrogens is 1. The van der Waals surface area contributed by atoms with Crippen LogP contribution < -0.4 is 5.32 Å². The van der Waals surface area contributed by atoms with Crippen molar-refractivity contribution in [2.45, 2.75) is 31.7 Å². The monoisotopic (exact) mass is 294 g/mol. The van der Waals surface area contributed by atoms with Gasteiger partial charge in [0.25, 0.3) is 0 Å². The third-order valence-electron chi connectivity index (χ3n) is 2.83. The molecule has 0 saturated carbocycles. The zero-order valence-corrected chi connectivity index (χ0v) is 11.7. The van der Waals surface area contributed by atoms with E-state index in [4.69, 9.17) is 5.11 Å². The zero-order chi connectivity index (χ0) is 15.7. The first kappa shape index (κ1) is 16.6. The van der Waals surface area contributed by atoms with Crippen LogP contribution in [-0.2, 0) is 25.5 Å². The molecule has 1 aromatic heterocycles. The Morgan fingerprint density at radius 2 is 2.10 bits per heavy atom. The van der Waals surface area contributed by atoms with Crippen molar-refractivity contribution in [3.63, 3.8) is 0 Å². The van der Waals surface area contributed by atoms with Crippen molar-refractivity contribution in [1.29, 1.82) is 0 Å². The topological polar surface area (TPSA) is 106 Å². The van der Waals surface area contributed by atoms with Crippen molar-refractivity contribution in [2.75, 3.05) is 7.11 Å². The molecule has 2 N–H and O–H groups in total. The number of carbonyl (C=O) groups is 3. The predicted molar refractivity (Wildman–Crippen MR) is 73.4 cm³/mol. The van der Waals surface area contributed by atoms with Gasteiger partial charge in [0.05, 0.1) is 7.11 Å². The summed E-state index contributed by atoms with van der Waals surface area (Å²) in [5.74, 6) is -2.08. The molecule has 0 bridgehead atoms. The second-order valence-electron chi connectivity index (χ2n) is 4.39. The van der Waals surface area contributed by atoms with Crippen molar-refractivity contribution in [2.24, 2.45) is 0 Å². The van der Waals surface area contributed by atoms with Gasteiger partial charge in [-0.15, -0.1) is 0 Å². The van der Waals surface area contributed by atoms with Crippen LogP contribution in [0.5, 0.6) is 0 Å². The average molecular weight is 294 g/mol. The first-order chi connectivity index (χ1) is 10.0. The minimum Gasteiger partial charge on any atom is -0.480 e. The van der Waals surface area contributed by atoms with Gasteiger partial charge in [-0.3, -0.25) is 14.6 Å². The lowest BCUT2D eigenvalue weighted by atomic mass is 10.1. The van der Waals surface area contributed by atoms with Gasteiger partial charge in [-0.1, -0.05) is 6.07 Å². The van der Waals surface area contributed by atoms with Gasteiger partial charge in [-0.05, 0) is 25.0 Å². The van der Waals surface area contributed by atoms with E-state index in [0.717, 1.165) is 5.69 Å².